The van der Waals surface area contributed by atoms with Crippen LogP contribution < -0.4 is 16.9 Å². The summed E-state index contributed by atoms with van der Waals surface area (Å²) in [5.74, 6) is 0. The molecule has 98 valence electrons. The van der Waals surface area contributed by atoms with Gasteiger partial charge in [0.25, 0.3) is 0 Å². The van der Waals surface area contributed by atoms with Gasteiger partial charge in [0.15, 0.2) is 5.11 Å². The van der Waals surface area contributed by atoms with Gasteiger partial charge in [-0.1, -0.05) is 12.1 Å². The molecule has 2 rings (SSSR count). The largest absolute Gasteiger partial charge is 2.00 e. The summed E-state index contributed by atoms with van der Waals surface area (Å²) in [4.78, 5) is 4.32. The van der Waals surface area contributed by atoms with Gasteiger partial charge in [-0.3, -0.25) is 10.4 Å². The number of benzene rings is 1. The van der Waals surface area contributed by atoms with E-state index in [-0.39, 0.29) is 22.2 Å². The number of thiocarbonyl (C=S) groups is 1. The van der Waals surface area contributed by atoms with Gasteiger partial charge >= 0.3 is 17.1 Å². The van der Waals surface area contributed by atoms with E-state index in [1.807, 2.05) is 25.1 Å². The fraction of sp³-hybridized carbons (Fsp3) is 0.0833. The van der Waals surface area contributed by atoms with Crippen molar-refractivity contribution >= 4 is 40.0 Å². The molecule has 1 aromatic heterocycles. The van der Waals surface area contributed by atoms with Crippen molar-refractivity contribution < 1.29 is 17.1 Å². The number of aryl methyl sites for hydroxylation is 1. The Bertz CT molecular complexity index is 633. The van der Waals surface area contributed by atoms with Crippen molar-refractivity contribution in [3.8, 4) is 0 Å². The monoisotopic (exact) mass is 315 g/mol. The molecule has 0 atom stereocenters. The molecule has 0 aliphatic rings. The summed E-state index contributed by atoms with van der Waals surface area (Å²) in [5.41, 5.74) is 16.2. The normalized spacial score (nSPS) is 10.4. The third-order valence-electron chi connectivity index (χ3n) is 2.53. The van der Waals surface area contributed by atoms with Crippen LogP contribution in [-0.4, -0.2) is 16.3 Å². The molecule has 0 aliphatic carbocycles. The van der Waals surface area contributed by atoms with Gasteiger partial charge in [0.05, 0.1) is 11.9 Å². The van der Waals surface area contributed by atoms with E-state index in [4.69, 9.17) is 11.5 Å². The quantitative estimate of drug-likeness (QED) is 0.255. The first-order chi connectivity index (χ1) is 8.59. The minimum Gasteiger partial charge on any atom is -0.398 e. The number of nitrogens with two attached hydrogens (primary N) is 2. The van der Waals surface area contributed by atoms with Crippen molar-refractivity contribution in [3.63, 3.8) is 0 Å². The van der Waals surface area contributed by atoms with Crippen molar-refractivity contribution in [1.82, 2.24) is 10.4 Å². The third kappa shape index (κ3) is 3.41. The average Bonchev–Trinajstić information content (AvgIpc) is 2.32. The number of pyridine rings is 1. The Balaban J connectivity index is 0.00000180. The van der Waals surface area contributed by atoms with Crippen LogP contribution in [0.4, 0.5) is 5.69 Å². The van der Waals surface area contributed by atoms with Gasteiger partial charge in [-0.15, -0.1) is 0 Å². The summed E-state index contributed by atoms with van der Waals surface area (Å²) < 4.78 is 0. The fourth-order valence-electron chi connectivity index (χ4n) is 1.78. The Morgan fingerprint density at radius 1 is 1.47 bits per heavy atom. The molecule has 1 aromatic carbocycles. The molecule has 0 aliphatic heterocycles. The van der Waals surface area contributed by atoms with E-state index < -0.39 is 0 Å². The Hall–Kier alpha value is -1.69. The second-order valence-electron chi connectivity index (χ2n) is 3.83. The Morgan fingerprint density at radius 2 is 2.21 bits per heavy atom. The van der Waals surface area contributed by atoms with E-state index in [2.05, 4.69) is 27.7 Å². The average molecular weight is 315 g/mol. The van der Waals surface area contributed by atoms with Crippen LogP contribution in [-0.2, 0) is 17.1 Å². The Morgan fingerprint density at radius 3 is 2.89 bits per heavy atom. The maximum absolute atomic E-state index is 5.97. The standard InChI is InChI=1S/C12H13N5S.Fe/c1-7-5-15-10(6-16-17-12(14)18)8-3-2-4-9(13)11(7)8;/h2-6H,13H2,1H3,(H3,14,17,18);/q;+2/b16-6+;. The molecule has 5 N–H and O–H groups in total. The summed E-state index contributed by atoms with van der Waals surface area (Å²) in [6.45, 7) is 1.97. The zero-order chi connectivity index (χ0) is 13.1. The van der Waals surface area contributed by atoms with E-state index in [1.165, 1.54) is 0 Å². The zero-order valence-electron chi connectivity index (χ0n) is 10.2. The van der Waals surface area contributed by atoms with Gasteiger partial charge in [0, 0.05) is 22.7 Å². The van der Waals surface area contributed by atoms with Gasteiger partial charge in [0.2, 0.25) is 0 Å². The molecule has 0 unspecified atom stereocenters. The van der Waals surface area contributed by atoms with Gasteiger partial charge in [-0.2, -0.15) is 5.10 Å². The van der Waals surface area contributed by atoms with Crippen LogP contribution in [0.2, 0.25) is 0 Å². The van der Waals surface area contributed by atoms with E-state index in [9.17, 15) is 0 Å². The van der Waals surface area contributed by atoms with Crippen LogP contribution in [0.3, 0.4) is 0 Å². The SMILES string of the molecule is Cc1cnc(/C=N/NC(N)=S)c2cccc(N)c12.[Fe+2]. The van der Waals surface area contributed by atoms with Crippen molar-refractivity contribution in [2.24, 2.45) is 10.8 Å². The molecule has 7 heteroatoms. The van der Waals surface area contributed by atoms with E-state index in [0.717, 1.165) is 22.0 Å². The molecular weight excluding hydrogens is 302 g/mol. The maximum Gasteiger partial charge on any atom is 2.00 e. The number of fused-ring (bicyclic) bond motifs is 1. The Labute approximate surface area is 126 Å². The molecular formula is C12H13FeN5S+2. The van der Waals surface area contributed by atoms with Crippen LogP contribution in [0.5, 0.6) is 0 Å². The molecule has 0 radical (unpaired) electrons. The van der Waals surface area contributed by atoms with Crippen molar-refractivity contribution in [1.29, 1.82) is 0 Å². The number of anilines is 1. The van der Waals surface area contributed by atoms with Crippen LogP contribution in [0.25, 0.3) is 10.8 Å². The number of aromatic nitrogens is 1. The molecule has 0 amide bonds. The molecule has 0 saturated heterocycles. The van der Waals surface area contributed by atoms with Crippen LogP contribution in [0, 0.1) is 6.92 Å². The molecule has 0 bridgehead atoms. The number of nitrogens with zero attached hydrogens (tertiary/aromatic N) is 2. The third-order valence-corrected chi connectivity index (χ3v) is 2.62. The van der Waals surface area contributed by atoms with E-state index in [1.54, 1.807) is 12.4 Å². The molecule has 2 aromatic rings. The molecule has 5 nitrogen and oxygen atoms in total. The van der Waals surface area contributed by atoms with Crippen LogP contribution in [0.1, 0.15) is 11.3 Å². The van der Waals surface area contributed by atoms with E-state index >= 15 is 0 Å². The van der Waals surface area contributed by atoms with Crippen LogP contribution >= 0.6 is 12.2 Å². The molecule has 1 heterocycles. The zero-order valence-corrected chi connectivity index (χ0v) is 12.1. The first kappa shape index (κ1) is 15.4. The van der Waals surface area contributed by atoms with Gasteiger partial charge in [0.1, 0.15) is 0 Å². The second-order valence-corrected chi connectivity index (χ2v) is 4.27. The maximum atomic E-state index is 5.97. The van der Waals surface area contributed by atoms with Crippen molar-refractivity contribution in [3.05, 3.63) is 35.7 Å². The summed E-state index contributed by atoms with van der Waals surface area (Å²) in [6.07, 6.45) is 3.33. The minimum atomic E-state index is 0. The number of hydrazone groups is 1. The van der Waals surface area contributed by atoms with Crippen molar-refractivity contribution in [2.75, 3.05) is 5.73 Å². The molecule has 0 spiro atoms. The minimum absolute atomic E-state index is 0. The first-order valence-corrected chi connectivity index (χ1v) is 5.72. The summed E-state index contributed by atoms with van der Waals surface area (Å²) >= 11 is 4.66. The first-order valence-electron chi connectivity index (χ1n) is 5.32. The number of nitrogen functional groups attached to an aromatic ring is 1. The summed E-state index contributed by atoms with van der Waals surface area (Å²) in [7, 11) is 0. The van der Waals surface area contributed by atoms with Gasteiger partial charge in [-0.25, -0.2) is 0 Å². The molecule has 0 saturated carbocycles. The second kappa shape index (κ2) is 6.47. The number of hydrogen-bond donors (Lipinski definition) is 3. The number of rotatable bonds is 2. The topological polar surface area (TPSA) is 89.3 Å². The number of nitrogens with one attached hydrogen (secondary N) is 1. The van der Waals surface area contributed by atoms with Gasteiger partial charge < -0.3 is 11.5 Å². The predicted molar refractivity (Wildman–Crippen MR) is 78.4 cm³/mol. The van der Waals surface area contributed by atoms with Crippen LogP contribution in [0.15, 0.2) is 29.5 Å². The number of hydrogen-bond acceptors (Lipinski definition) is 4. The van der Waals surface area contributed by atoms with Crippen molar-refractivity contribution in [2.45, 2.75) is 6.92 Å². The smallest absolute Gasteiger partial charge is 0.398 e. The summed E-state index contributed by atoms with van der Waals surface area (Å²) in [5, 5.41) is 5.96. The van der Waals surface area contributed by atoms with E-state index in [0.29, 0.717) is 5.69 Å². The molecule has 0 fully saturated rings. The predicted octanol–water partition coefficient (Wildman–Crippen LogP) is 1.29. The Kier molecular flexibility index (Phi) is 5.23. The van der Waals surface area contributed by atoms with Gasteiger partial charge in [-0.05, 0) is 30.8 Å². The fourth-order valence-corrected chi connectivity index (χ4v) is 1.84. The summed E-state index contributed by atoms with van der Waals surface area (Å²) in [6, 6.07) is 5.70. The molecule has 19 heavy (non-hydrogen) atoms.